The van der Waals surface area contributed by atoms with Gasteiger partial charge >= 0.3 is 5.91 Å². The lowest BCUT2D eigenvalue weighted by molar-refractivity contribution is -0.124. The molecule has 4 nitrogen and oxygen atoms in total. The summed E-state index contributed by atoms with van der Waals surface area (Å²) in [5, 5.41) is 0. The fourth-order valence-electron chi connectivity index (χ4n) is 1.86. The fraction of sp³-hybridized carbons (Fsp3) is 0.308. The van der Waals surface area contributed by atoms with Gasteiger partial charge in [0.25, 0.3) is 11.7 Å². The Morgan fingerprint density at radius 2 is 1.65 bits per heavy atom. The van der Waals surface area contributed by atoms with Crippen molar-refractivity contribution >= 4 is 17.6 Å². The molecule has 0 aliphatic carbocycles. The topological polar surface area (TPSA) is 54.5 Å². The highest BCUT2D eigenvalue weighted by molar-refractivity contribution is 6.49. The fourth-order valence-corrected chi connectivity index (χ4v) is 1.86. The second-order valence-electron chi connectivity index (χ2n) is 3.99. The summed E-state index contributed by atoms with van der Waals surface area (Å²) in [4.78, 5) is 36.6. The molecule has 0 saturated carbocycles. The van der Waals surface area contributed by atoms with Gasteiger partial charge in [0.05, 0.1) is 5.56 Å². The minimum atomic E-state index is -0.706. The van der Waals surface area contributed by atoms with Crippen molar-refractivity contribution in [3.05, 3.63) is 35.4 Å². The van der Waals surface area contributed by atoms with Crippen LogP contribution in [-0.2, 0) is 4.79 Å². The van der Waals surface area contributed by atoms with E-state index < -0.39 is 11.7 Å². The maximum atomic E-state index is 12.0. The highest BCUT2D eigenvalue weighted by Gasteiger charge is 2.36. The third-order valence-electron chi connectivity index (χ3n) is 2.82. The van der Waals surface area contributed by atoms with Gasteiger partial charge in [-0.2, -0.15) is 0 Å². The average Bonchev–Trinajstić information content (AvgIpc) is 2.36. The lowest BCUT2D eigenvalue weighted by Gasteiger charge is -2.25. The van der Waals surface area contributed by atoms with E-state index in [1.165, 1.54) is 6.07 Å². The van der Waals surface area contributed by atoms with E-state index in [1.54, 1.807) is 18.2 Å². The van der Waals surface area contributed by atoms with Crippen LogP contribution < -0.4 is 0 Å². The molecule has 1 aromatic rings. The molecule has 17 heavy (non-hydrogen) atoms. The molecule has 0 aromatic heterocycles. The van der Waals surface area contributed by atoms with Crippen LogP contribution in [0.3, 0.4) is 0 Å². The van der Waals surface area contributed by atoms with Crippen LogP contribution in [0.4, 0.5) is 0 Å². The molecule has 1 aliphatic heterocycles. The second-order valence-corrected chi connectivity index (χ2v) is 3.99. The number of ketones is 1. The molecule has 4 heteroatoms. The molecule has 1 aliphatic rings. The van der Waals surface area contributed by atoms with Gasteiger partial charge in [0, 0.05) is 12.1 Å². The van der Waals surface area contributed by atoms with Crippen molar-refractivity contribution in [2.75, 3.05) is 6.54 Å². The standard InChI is InChI=1S/C13H13NO3/c1-2-3-8-14-12(16)10-7-5-4-6-9(10)11(15)13(14)17/h4-7H,2-3,8H2,1H3. The van der Waals surface area contributed by atoms with E-state index in [9.17, 15) is 14.4 Å². The number of fused-ring (bicyclic) bond motifs is 1. The third kappa shape index (κ3) is 1.86. The summed E-state index contributed by atoms with van der Waals surface area (Å²) in [5.41, 5.74) is 0.545. The summed E-state index contributed by atoms with van der Waals surface area (Å²) in [6.07, 6.45) is 1.58. The Morgan fingerprint density at radius 3 is 2.29 bits per heavy atom. The van der Waals surface area contributed by atoms with Gasteiger partial charge in [-0.15, -0.1) is 0 Å². The third-order valence-corrected chi connectivity index (χ3v) is 2.82. The maximum absolute atomic E-state index is 12.0. The number of Topliss-reactive ketones (excluding diaryl/α,β-unsaturated/α-hetero) is 1. The summed E-state index contributed by atoms with van der Waals surface area (Å²) in [7, 11) is 0. The molecule has 0 unspecified atom stereocenters. The maximum Gasteiger partial charge on any atom is 0.301 e. The van der Waals surface area contributed by atoms with Gasteiger partial charge in [0.15, 0.2) is 0 Å². The van der Waals surface area contributed by atoms with Crippen molar-refractivity contribution in [2.45, 2.75) is 19.8 Å². The first-order valence-corrected chi connectivity index (χ1v) is 5.66. The summed E-state index contributed by atoms with van der Waals surface area (Å²) < 4.78 is 0. The summed E-state index contributed by atoms with van der Waals surface area (Å²) in [6, 6.07) is 6.45. The van der Waals surface area contributed by atoms with Crippen molar-refractivity contribution in [1.29, 1.82) is 0 Å². The molecule has 1 aromatic carbocycles. The summed E-state index contributed by atoms with van der Waals surface area (Å²) >= 11 is 0. The molecule has 2 amide bonds. The van der Waals surface area contributed by atoms with Crippen LogP contribution in [0.5, 0.6) is 0 Å². The molecule has 0 bridgehead atoms. The molecule has 0 N–H and O–H groups in total. The normalized spacial score (nSPS) is 15.1. The Hall–Kier alpha value is -1.97. The lowest BCUT2D eigenvalue weighted by Crippen LogP contribution is -2.46. The number of benzene rings is 1. The first kappa shape index (κ1) is 11.5. The lowest BCUT2D eigenvalue weighted by atomic mass is 9.97. The minimum absolute atomic E-state index is 0.218. The van der Waals surface area contributed by atoms with E-state index in [0.29, 0.717) is 18.5 Å². The van der Waals surface area contributed by atoms with Gasteiger partial charge in [-0.1, -0.05) is 31.5 Å². The summed E-state index contributed by atoms with van der Waals surface area (Å²) in [5.74, 6) is -1.66. The number of imide groups is 1. The zero-order chi connectivity index (χ0) is 12.4. The second kappa shape index (κ2) is 4.49. The molecule has 1 heterocycles. The van der Waals surface area contributed by atoms with Crippen LogP contribution in [0.15, 0.2) is 24.3 Å². The molecule has 2 rings (SSSR count). The Bertz CT molecular complexity index is 493. The minimum Gasteiger partial charge on any atom is -0.283 e. The summed E-state index contributed by atoms with van der Waals surface area (Å²) in [6.45, 7) is 2.28. The average molecular weight is 231 g/mol. The zero-order valence-corrected chi connectivity index (χ0v) is 9.60. The van der Waals surface area contributed by atoms with Gasteiger partial charge in [-0.3, -0.25) is 19.3 Å². The molecule has 0 atom stereocenters. The Balaban J connectivity index is 2.40. The van der Waals surface area contributed by atoms with Gasteiger partial charge in [0.2, 0.25) is 0 Å². The molecule has 88 valence electrons. The predicted octanol–water partition coefficient (Wildman–Crippen LogP) is 1.65. The SMILES string of the molecule is CCCCN1C(=O)C(=O)c2ccccc2C1=O. The van der Waals surface area contributed by atoms with Gasteiger partial charge in [-0.05, 0) is 12.5 Å². The number of carbonyl (C=O) groups excluding carboxylic acids is 3. The smallest absolute Gasteiger partial charge is 0.283 e. The number of carbonyl (C=O) groups is 3. The number of amides is 2. The van der Waals surface area contributed by atoms with Crippen molar-refractivity contribution < 1.29 is 14.4 Å². The monoisotopic (exact) mass is 231 g/mol. The van der Waals surface area contributed by atoms with E-state index in [-0.39, 0.29) is 11.5 Å². The zero-order valence-electron chi connectivity index (χ0n) is 9.60. The van der Waals surface area contributed by atoms with Gasteiger partial charge in [-0.25, -0.2) is 0 Å². The van der Waals surface area contributed by atoms with Crippen LogP contribution in [0, 0.1) is 0 Å². The Morgan fingerprint density at radius 1 is 1.00 bits per heavy atom. The van der Waals surface area contributed by atoms with E-state index in [0.717, 1.165) is 11.3 Å². The van der Waals surface area contributed by atoms with Gasteiger partial charge in [0.1, 0.15) is 0 Å². The quantitative estimate of drug-likeness (QED) is 0.587. The van der Waals surface area contributed by atoms with Crippen LogP contribution >= 0.6 is 0 Å². The number of hydrogen-bond acceptors (Lipinski definition) is 3. The van der Waals surface area contributed by atoms with E-state index in [4.69, 9.17) is 0 Å². The van der Waals surface area contributed by atoms with Crippen molar-refractivity contribution in [2.24, 2.45) is 0 Å². The van der Waals surface area contributed by atoms with Crippen LogP contribution in [0.2, 0.25) is 0 Å². The first-order chi connectivity index (χ1) is 8.16. The largest absolute Gasteiger partial charge is 0.301 e. The molecular weight excluding hydrogens is 218 g/mol. The number of nitrogens with zero attached hydrogens (tertiary/aromatic N) is 1. The highest BCUT2D eigenvalue weighted by Crippen LogP contribution is 2.19. The van der Waals surface area contributed by atoms with E-state index >= 15 is 0 Å². The highest BCUT2D eigenvalue weighted by atomic mass is 16.2. The number of hydrogen-bond donors (Lipinski definition) is 0. The Labute approximate surface area is 99.2 Å². The van der Waals surface area contributed by atoms with E-state index in [1.807, 2.05) is 6.92 Å². The van der Waals surface area contributed by atoms with Gasteiger partial charge < -0.3 is 0 Å². The van der Waals surface area contributed by atoms with Crippen LogP contribution in [0.1, 0.15) is 40.5 Å². The molecule has 0 spiro atoms. The van der Waals surface area contributed by atoms with Crippen molar-refractivity contribution in [3.63, 3.8) is 0 Å². The first-order valence-electron chi connectivity index (χ1n) is 5.66. The molecule has 0 fully saturated rings. The molecule has 0 radical (unpaired) electrons. The predicted molar refractivity (Wildman–Crippen MR) is 61.7 cm³/mol. The number of unbranched alkanes of at least 4 members (excludes halogenated alkanes) is 1. The van der Waals surface area contributed by atoms with Crippen LogP contribution in [-0.4, -0.2) is 29.0 Å². The Kier molecular flexibility index (Phi) is 3.04. The van der Waals surface area contributed by atoms with Crippen LogP contribution in [0.25, 0.3) is 0 Å². The molecule has 0 saturated heterocycles. The van der Waals surface area contributed by atoms with E-state index in [2.05, 4.69) is 0 Å². The number of rotatable bonds is 3. The van der Waals surface area contributed by atoms with Crippen molar-refractivity contribution in [1.82, 2.24) is 4.90 Å². The van der Waals surface area contributed by atoms with Crippen molar-refractivity contribution in [3.8, 4) is 0 Å². The molecular formula is C13H13NO3.